The number of nitrogens with zero attached hydrogens (tertiary/aromatic N) is 3. The molecular formula is C26H24FN3O2. The SMILES string of the molecule is Cc1ccccc1OCCn1c([C@@H]2CC(=O)N(c3ccccc3F)C2)nc2ccccc21. The summed E-state index contributed by atoms with van der Waals surface area (Å²) in [5.41, 5.74) is 3.30. The molecule has 0 N–H and O–H groups in total. The molecule has 5 rings (SSSR count). The van der Waals surface area contributed by atoms with Gasteiger partial charge in [-0.05, 0) is 42.8 Å². The normalized spacial score (nSPS) is 16.1. The summed E-state index contributed by atoms with van der Waals surface area (Å²) in [6.07, 6.45) is 0.302. The average molecular weight is 429 g/mol. The molecule has 162 valence electrons. The smallest absolute Gasteiger partial charge is 0.227 e. The number of ether oxygens (including phenoxy) is 1. The number of aryl methyl sites for hydroxylation is 1. The number of carbonyl (C=O) groups excluding carboxylic acids is 1. The molecule has 3 aromatic carbocycles. The Bertz CT molecular complexity index is 1280. The Hall–Kier alpha value is -3.67. The predicted octanol–water partition coefficient (Wildman–Crippen LogP) is 5.08. The van der Waals surface area contributed by atoms with Crippen LogP contribution in [0.5, 0.6) is 5.75 Å². The van der Waals surface area contributed by atoms with Crippen LogP contribution in [0.25, 0.3) is 11.0 Å². The van der Waals surface area contributed by atoms with E-state index in [0.717, 1.165) is 28.2 Å². The first kappa shape index (κ1) is 20.2. The van der Waals surface area contributed by atoms with Crippen LogP contribution >= 0.6 is 0 Å². The number of para-hydroxylation sites is 4. The van der Waals surface area contributed by atoms with E-state index < -0.39 is 0 Å². The number of hydrogen-bond acceptors (Lipinski definition) is 3. The molecular weight excluding hydrogens is 405 g/mol. The van der Waals surface area contributed by atoms with Crippen molar-refractivity contribution in [2.45, 2.75) is 25.8 Å². The van der Waals surface area contributed by atoms with Crippen LogP contribution in [0.3, 0.4) is 0 Å². The van der Waals surface area contributed by atoms with Gasteiger partial charge in [-0.2, -0.15) is 0 Å². The highest BCUT2D eigenvalue weighted by Crippen LogP contribution is 2.34. The quantitative estimate of drug-likeness (QED) is 0.429. The second-order valence-corrected chi connectivity index (χ2v) is 8.08. The minimum absolute atomic E-state index is 0.0881. The van der Waals surface area contributed by atoms with Crippen molar-refractivity contribution in [1.29, 1.82) is 0 Å². The van der Waals surface area contributed by atoms with Gasteiger partial charge in [-0.1, -0.05) is 42.5 Å². The van der Waals surface area contributed by atoms with Crippen LogP contribution < -0.4 is 9.64 Å². The van der Waals surface area contributed by atoms with Gasteiger partial charge in [0.25, 0.3) is 0 Å². The molecule has 1 atom stereocenters. The second-order valence-electron chi connectivity index (χ2n) is 8.08. The molecule has 1 saturated heterocycles. The van der Waals surface area contributed by atoms with Gasteiger partial charge in [0.1, 0.15) is 24.0 Å². The molecule has 1 amide bonds. The van der Waals surface area contributed by atoms with Gasteiger partial charge in [0, 0.05) is 18.9 Å². The maximum absolute atomic E-state index is 14.3. The first-order chi connectivity index (χ1) is 15.6. The summed E-state index contributed by atoms with van der Waals surface area (Å²) in [7, 11) is 0. The maximum Gasteiger partial charge on any atom is 0.227 e. The Morgan fingerprint density at radius 2 is 1.78 bits per heavy atom. The Balaban J connectivity index is 1.42. The molecule has 0 radical (unpaired) electrons. The standard InChI is InChI=1S/C26H24FN3O2/c1-18-8-2-7-13-24(18)32-15-14-29-23-12-6-4-10-21(23)28-26(29)19-16-25(31)30(17-19)22-11-5-3-9-20(22)27/h2-13,19H,14-17H2,1H3/t19-/m1/s1. The monoisotopic (exact) mass is 429 g/mol. The van der Waals surface area contributed by atoms with Gasteiger partial charge < -0.3 is 14.2 Å². The van der Waals surface area contributed by atoms with E-state index in [2.05, 4.69) is 4.57 Å². The third-order valence-electron chi connectivity index (χ3n) is 5.98. The molecule has 2 heterocycles. The Kier molecular flexibility index (Phi) is 5.35. The highest BCUT2D eigenvalue weighted by Gasteiger charge is 2.35. The summed E-state index contributed by atoms with van der Waals surface area (Å²) in [4.78, 5) is 19.2. The number of imidazole rings is 1. The van der Waals surface area contributed by atoms with Gasteiger partial charge in [0.15, 0.2) is 0 Å². The highest BCUT2D eigenvalue weighted by atomic mass is 19.1. The summed E-state index contributed by atoms with van der Waals surface area (Å²) in [6, 6.07) is 22.3. The number of rotatable bonds is 6. The fourth-order valence-corrected chi connectivity index (χ4v) is 4.39. The van der Waals surface area contributed by atoms with Crippen LogP contribution in [0, 0.1) is 12.7 Å². The topological polar surface area (TPSA) is 47.4 Å². The zero-order valence-corrected chi connectivity index (χ0v) is 17.9. The van der Waals surface area contributed by atoms with Crippen LogP contribution in [0.15, 0.2) is 72.8 Å². The number of anilines is 1. The van der Waals surface area contributed by atoms with Gasteiger partial charge in [-0.25, -0.2) is 9.37 Å². The molecule has 0 unspecified atom stereocenters. The van der Waals surface area contributed by atoms with Crippen molar-refractivity contribution in [1.82, 2.24) is 9.55 Å². The zero-order valence-electron chi connectivity index (χ0n) is 17.9. The second kappa shape index (κ2) is 8.46. The first-order valence-corrected chi connectivity index (χ1v) is 10.8. The fourth-order valence-electron chi connectivity index (χ4n) is 4.39. The van der Waals surface area contributed by atoms with E-state index in [4.69, 9.17) is 9.72 Å². The Labute approximate surface area is 186 Å². The van der Waals surface area contributed by atoms with Crippen LogP contribution in [0.1, 0.15) is 23.7 Å². The number of fused-ring (bicyclic) bond motifs is 1. The molecule has 0 aliphatic carbocycles. The summed E-state index contributed by atoms with van der Waals surface area (Å²) in [5, 5.41) is 0. The van der Waals surface area contributed by atoms with Crippen molar-refractivity contribution in [2.24, 2.45) is 0 Å². The van der Waals surface area contributed by atoms with E-state index in [1.165, 1.54) is 11.0 Å². The predicted molar refractivity (Wildman–Crippen MR) is 123 cm³/mol. The molecule has 1 fully saturated rings. The highest BCUT2D eigenvalue weighted by molar-refractivity contribution is 5.96. The lowest BCUT2D eigenvalue weighted by molar-refractivity contribution is -0.117. The Morgan fingerprint density at radius 1 is 1.03 bits per heavy atom. The van der Waals surface area contributed by atoms with Gasteiger partial charge in [-0.15, -0.1) is 0 Å². The summed E-state index contributed by atoms with van der Waals surface area (Å²) in [5.74, 6) is 1.11. The number of carbonyl (C=O) groups is 1. The van der Waals surface area contributed by atoms with Gasteiger partial charge in [0.05, 0.1) is 23.3 Å². The lowest BCUT2D eigenvalue weighted by Crippen LogP contribution is -2.25. The third kappa shape index (κ3) is 3.73. The van der Waals surface area contributed by atoms with Crippen LogP contribution in [-0.4, -0.2) is 28.6 Å². The number of hydrogen-bond donors (Lipinski definition) is 0. The molecule has 0 spiro atoms. The lowest BCUT2D eigenvalue weighted by atomic mass is 10.1. The van der Waals surface area contributed by atoms with E-state index in [1.54, 1.807) is 18.2 Å². The van der Waals surface area contributed by atoms with Crippen molar-refractivity contribution in [2.75, 3.05) is 18.1 Å². The van der Waals surface area contributed by atoms with Crippen molar-refractivity contribution in [3.05, 3.63) is 90.0 Å². The van der Waals surface area contributed by atoms with E-state index in [9.17, 15) is 9.18 Å². The van der Waals surface area contributed by atoms with Gasteiger partial charge in [-0.3, -0.25) is 4.79 Å². The molecule has 0 saturated carbocycles. The first-order valence-electron chi connectivity index (χ1n) is 10.8. The molecule has 1 aliphatic heterocycles. The molecule has 0 bridgehead atoms. The summed E-state index contributed by atoms with van der Waals surface area (Å²) >= 11 is 0. The van der Waals surface area contributed by atoms with Crippen molar-refractivity contribution >= 4 is 22.6 Å². The fraction of sp³-hybridized carbons (Fsp3) is 0.231. The lowest BCUT2D eigenvalue weighted by Gasteiger charge is -2.18. The average Bonchev–Trinajstić information content (AvgIpc) is 3.36. The van der Waals surface area contributed by atoms with Gasteiger partial charge >= 0.3 is 0 Å². The van der Waals surface area contributed by atoms with Crippen molar-refractivity contribution in [3.63, 3.8) is 0 Å². The van der Waals surface area contributed by atoms with Crippen molar-refractivity contribution < 1.29 is 13.9 Å². The van der Waals surface area contributed by atoms with Crippen molar-refractivity contribution in [3.8, 4) is 5.75 Å². The van der Waals surface area contributed by atoms with Crippen LogP contribution in [0.2, 0.25) is 0 Å². The van der Waals surface area contributed by atoms with E-state index in [0.29, 0.717) is 31.8 Å². The van der Waals surface area contributed by atoms with Crippen LogP contribution in [-0.2, 0) is 11.3 Å². The van der Waals surface area contributed by atoms with Crippen LogP contribution in [0.4, 0.5) is 10.1 Å². The van der Waals surface area contributed by atoms with E-state index in [1.807, 2.05) is 55.5 Å². The number of benzene rings is 3. The number of aromatic nitrogens is 2. The molecule has 6 heteroatoms. The number of amides is 1. The zero-order chi connectivity index (χ0) is 22.1. The molecule has 1 aliphatic rings. The molecule has 1 aromatic heterocycles. The van der Waals surface area contributed by atoms with E-state index in [-0.39, 0.29) is 17.6 Å². The third-order valence-corrected chi connectivity index (χ3v) is 5.98. The molecule has 4 aromatic rings. The largest absolute Gasteiger partial charge is 0.491 e. The molecule has 5 nitrogen and oxygen atoms in total. The molecule has 32 heavy (non-hydrogen) atoms. The maximum atomic E-state index is 14.3. The minimum atomic E-state index is -0.387. The summed E-state index contributed by atoms with van der Waals surface area (Å²) in [6.45, 7) is 3.51. The van der Waals surface area contributed by atoms with E-state index >= 15 is 0 Å². The summed E-state index contributed by atoms with van der Waals surface area (Å²) < 4.78 is 22.5. The Morgan fingerprint density at radius 3 is 2.62 bits per heavy atom. The van der Waals surface area contributed by atoms with Gasteiger partial charge in [0.2, 0.25) is 5.91 Å². The number of halogens is 1. The minimum Gasteiger partial charge on any atom is -0.491 e.